The Balaban J connectivity index is 1.03. The maximum Gasteiger partial charge on any atom is 0.163 e. The molecule has 0 atom stereocenters. The lowest BCUT2D eigenvalue weighted by Crippen LogP contribution is -1.97. The van der Waals surface area contributed by atoms with Crippen LogP contribution in [0.2, 0.25) is 0 Å². The molecule has 9 nitrogen and oxygen atoms in total. The van der Waals surface area contributed by atoms with Crippen molar-refractivity contribution in [1.82, 2.24) is 39.0 Å². The zero-order valence-electron chi connectivity index (χ0n) is 26.8. The van der Waals surface area contributed by atoms with Crippen LogP contribution in [0.1, 0.15) is 0 Å². The van der Waals surface area contributed by atoms with Gasteiger partial charge in [-0.25, -0.2) is 19.9 Å². The molecule has 0 unspecified atom stereocenters. The fourth-order valence-corrected chi connectivity index (χ4v) is 7.45. The molecule has 11 aromatic rings. The molecule has 0 spiro atoms. The van der Waals surface area contributed by atoms with Gasteiger partial charge in [0.2, 0.25) is 0 Å². The van der Waals surface area contributed by atoms with Crippen molar-refractivity contribution in [3.05, 3.63) is 147 Å². The third-order valence-corrected chi connectivity index (χ3v) is 9.72. The second-order valence-corrected chi connectivity index (χ2v) is 12.5. The number of fused-ring (bicyclic) bond motifs is 9. The highest BCUT2D eigenvalue weighted by Gasteiger charge is 2.17. The Hall–Kier alpha value is -7.26. The van der Waals surface area contributed by atoms with Gasteiger partial charge in [-0.2, -0.15) is 0 Å². The highest BCUT2D eigenvalue weighted by molar-refractivity contribution is 6.11. The van der Waals surface area contributed by atoms with Crippen LogP contribution in [-0.2, 0) is 0 Å². The second-order valence-electron chi connectivity index (χ2n) is 12.5. The van der Waals surface area contributed by atoms with Crippen LogP contribution in [0.5, 0.6) is 0 Å². The van der Waals surface area contributed by atoms with Gasteiger partial charge < -0.3 is 8.98 Å². The van der Waals surface area contributed by atoms with Crippen molar-refractivity contribution in [2.24, 2.45) is 0 Å². The summed E-state index contributed by atoms with van der Waals surface area (Å²) in [5.41, 5.74) is 8.71. The van der Waals surface area contributed by atoms with E-state index in [9.17, 15) is 0 Å². The standard InChI is InChI=1S/C42H24N8O/c1-2-6-34-28(5-1)29-19-25(8-11-35(29)50(34)40-7-3-4-16-45-40)41-46-24-47-42(48-41)26-9-12-38-30(20-26)31-21-27(10-13-39(31)51-38)49-36-14-17-43-22-32(36)33-23-44-18-15-37(33)49/h1-24H. The maximum atomic E-state index is 6.30. The molecule has 238 valence electrons. The molecular weight excluding hydrogens is 633 g/mol. The molecule has 11 rings (SSSR count). The van der Waals surface area contributed by atoms with Crippen molar-refractivity contribution < 1.29 is 4.42 Å². The highest BCUT2D eigenvalue weighted by atomic mass is 16.3. The SMILES string of the molecule is c1ccc(-n2c3ccccc3c3cc(-c4ncnc(-c5ccc6oc7ccc(-n8c9ccncc9c9cnccc98)cc7c6c5)n4)ccc32)nc1. The zero-order chi connectivity index (χ0) is 33.5. The first-order valence-electron chi connectivity index (χ1n) is 16.6. The molecule has 9 heteroatoms. The van der Waals surface area contributed by atoms with Gasteiger partial charge >= 0.3 is 0 Å². The summed E-state index contributed by atoms with van der Waals surface area (Å²) in [6, 6.07) is 37.2. The van der Waals surface area contributed by atoms with E-state index < -0.39 is 0 Å². The molecule has 0 aliphatic heterocycles. The molecule has 51 heavy (non-hydrogen) atoms. The topological polar surface area (TPSA) is 100 Å². The number of rotatable bonds is 4. The van der Waals surface area contributed by atoms with Crippen LogP contribution in [0.15, 0.2) is 151 Å². The first kappa shape index (κ1) is 27.7. The van der Waals surface area contributed by atoms with Gasteiger partial charge in [0.15, 0.2) is 11.6 Å². The summed E-state index contributed by atoms with van der Waals surface area (Å²) in [6.45, 7) is 0. The van der Waals surface area contributed by atoms with Crippen molar-refractivity contribution >= 4 is 65.6 Å². The number of furan rings is 1. The molecule has 0 N–H and O–H groups in total. The van der Waals surface area contributed by atoms with Crippen molar-refractivity contribution in [3.8, 4) is 34.3 Å². The molecular formula is C42H24N8O. The van der Waals surface area contributed by atoms with E-state index >= 15 is 0 Å². The third kappa shape index (κ3) is 4.15. The Labute approximate surface area is 289 Å². The second kappa shape index (κ2) is 10.6. The fraction of sp³-hybridized carbons (Fsp3) is 0. The van der Waals surface area contributed by atoms with Gasteiger partial charge in [-0.3, -0.25) is 14.5 Å². The predicted octanol–water partition coefficient (Wildman–Crippen LogP) is 9.48. The number of nitrogens with zero attached hydrogens (tertiary/aromatic N) is 8. The van der Waals surface area contributed by atoms with E-state index in [1.807, 2.05) is 79.5 Å². The Bertz CT molecular complexity index is 3110. The fourth-order valence-electron chi connectivity index (χ4n) is 7.45. The maximum absolute atomic E-state index is 6.30. The highest BCUT2D eigenvalue weighted by Crippen LogP contribution is 2.37. The van der Waals surface area contributed by atoms with Gasteiger partial charge in [-0.15, -0.1) is 0 Å². The van der Waals surface area contributed by atoms with Gasteiger partial charge in [-0.1, -0.05) is 24.3 Å². The minimum Gasteiger partial charge on any atom is -0.456 e. The first-order valence-corrected chi connectivity index (χ1v) is 16.6. The summed E-state index contributed by atoms with van der Waals surface area (Å²) in [5.74, 6) is 2.06. The summed E-state index contributed by atoms with van der Waals surface area (Å²) in [4.78, 5) is 27.6. The number of para-hydroxylation sites is 1. The Kier molecular flexibility index (Phi) is 5.76. The van der Waals surface area contributed by atoms with Gasteiger partial charge in [0, 0.05) is 80.1 Å². The lowest BCUT2D eigenvalue weighted by Gasteiger charge is -2.08. The van der Waals surface area contributed by atoms with E-state index in [4.69, 9.17) is 9.40 Å². The largest absolute Gasteiger partial charge is 0.456 e. The lowest BCUT2D eigenvalue weighted by molar-refractivity contribution is 0.669. The number of aromatic nitrogens is 8. The summed E-state index contributed by atoms with van der Waals surface area (Å²) in [5, 5.41) is 6.35. The normalized spacial score (nSPS) is 11.9. The Morgan fingerprint density at radius 1 is 0.451 bits per heavy atom. The van der Waals surface area contributed by atoms with E-state index in [0.717, 1.165) is 88.2 Å². The van der Waals surface area contributed by atoms with Crippen LogP contribution in [0.4, 0.5) is 0 Å². The molecule has 0 aliphatic rings. The molecule has 4 aromatic carbocycles. The number of benzene rings is 4. The van der Waals surface area contributed by atoms with E-state index in [-0.39, 0.29) is 0 Å². The predicted molar refractivity (Wildman–Crippen MR) is 200 cm³/mol. The summed E-state index contributed by atoms with van der Waals surface area (Å²) in [6.07, 6.45) is 10.8. The number of hydrogen-bond donors (Lipinski definition) is 0. The van der Waals surface area contributed by atoms with E-state index in [1.54, 1.807) is 6.33 Å². The van der Waals surface area contributed by atoms with Crippen molar-refractivity contribution in [2.75, 3.05) is 0 Å². The van der Waals surface area contributed by atoms with Gasteiger partial charge in [0.25, 0.3) is 0 Å². The van der Waals surface area contributed by atoms with Gasteiger partial charge in [-0.05, 0) is 84.9 Å². The van der Waals surface area contributed by atoms with E-state index in [0.29, 0.717) is 11.6 Å². The molecule has 0 aliphatic carbocycles. The molecule has 0 saturated carbocycles. The molecule has 0 radical (unpaired) electrons. The smallest absolute Gasteiger partial charge is 0.163 e. The monoisotopic (exact) mass is 656 g/mol. The summed E-state index contributed by atoms with van der Waals surface area (Å²) >= 11 is 0. The van der Waals surface area contributed by atoms with Crippen LogP contribution < -0.4 is 0 Å². The van der Waals surface area contributed by atoms with Gasteiger partial charge in [0.1, 0.15) is 23.3 Å². The van der Waals surface area contributed by atoms with Crippen LogP contribution >= 0.6 is 0 Å². The average Bonchev–Trinajstić information content (AvgIpc) is 3.85. The summed E-state index contributed by atoms with van der Waals surface area (Å²) < 4.78 is 10.7. The van der Waals surface area contributed by atoms with Crippen molar-refractivity contribution in [3.63, 3.8) is 0 Å². The van der Waals surface area contributed by atoms with Crippen molar-refractivity contribution in [2.45, 2.75) is 0 Å². The quantitative estimate of drug-likeness (QED) is 0.186. The summed E-state index contributed by atoms with van der Waals surface area (Å²) in [7, 11) is 0. The van der Waals surface area contributed by atoms with E-state index in [1.165, 1.54) is 0 Å². The van der Waals surface area contributed by atoms with Crippen LogP contribution in [-0.4, -0.2) is 39.0 Å². The van der Waals surface area contributed by atoms with E-state index in [2.05, 4.69) is 94.7 Å². The lowest BCUT2D eigenvalue weighted by atomic mass is 10.1. The van der Waals surface area contributed by atoms with Gasteiger partial charge in [0.05, 0.1) is 22.1 Å². The molecule has 0 amide bonds. The first-order chi connectivity index (χ1) is 25.3. The van der Waals surface area contributed by atoms with Crippen LogP contribution in [0.25, 0.3) is 99.8 Å². The molecule has 7 heterocycles. The third-order valence-electron chi connectivity index (χ3n) is 9.72. The molecule has 0 saturated heterocycles. The minimum absolute atomic E-state index is 0.589. The van der Waals surface area contributed by atoms with Crippen molar-refractivity contribution in [1.29, 1.82) is 0 Å². The van der Waals surface area contributed by atoms with Crippen LogP contribution in [0, 0.1) is 0 Å². The average molecular weight is 657 g/mol. The molecule has 0 fully saturated rings. The zero-order valence-corrected chi connectivity index (χ0v) is 26.8. The minimum atomic E-state index is 0.589. The number of pyridine rings is 3. The Morgan fingerprint density at radius 2 is 1.10 bits per heavy atom. The number of hydrogen-bond acceptors (Lipinski definition) is 7. The van der Waals surface area contributed by atoms with Crippen LogP contribution in [0.3, 0.4) is 0 Å². The molecule has 0 bridgehead atoms. The Morgan fingerprint density at radius 3 is 1.86 bits per heavy atom. The molecule has 7 aromatic heterocycles.